The van der Waals surface area contributed by atoms with E-state index in [0.717, 1.165) is 5.75 Å². The van der Waals surface area contributed by atoms with Crippen molar-refractivity contribution in [3.05, 3.63) is 29.3 Å². The Morgan fingerprint density at radius 2 is 2.27 bits per heavy atom. The minimum Gasteiger partial charge on any atom is -0.492 e. The maximum absolute atomic E-state index is 6.01. The fourth-order valence-electron chi connectivity index (χ4n) is 1.75. The highest BCUT2D eigenvalue weighted by Crippen LogP contribution is 2.29. The first kappa shape index (κ1) is 10.8. The first-order chi connectivity index (χ1) is 7.25. The van der Waals surface area contributed by atoms with Crippen LogP contribution in [0.3, 0.4) is 0 Å². The van der Waals surface area contributed by atoms with Gasteiger partial charge < -0.3 is 10.5 Å². The molecular formula is C12H16ClNO. The average molecular weight is 226 g/mol. The summed E-state index contributed by atoms with van der Waals surface area (Å²) < 4.78 is 5.60. The summed E-state index contributed by atoms with van der Waals surface area (Å²) in [4.78, 5) is 0. The van der Waals surface area contributed by atoms with Crippen LogP contribution in [0.15, 0.2) is 24.3 Å². The lowest BCUT2D eigenvalue weighted by atomic mass is 9.80. The second-order valence-electron chi connectivity index (χ2n) is 4.12. The minimum absolute atomic E-state index is 0.165. The Kier molecular flexibility index (Phi) is 3.49. The van der Waals surface area contributed by atoms with Gasteiger partial charge in [-0.2, -0.15) is 0 Å². The van der Waals surface area contributed by atoms with Crippen molar-refractivity contribution in [3.63, 3.8) is 0 Å². The third-order valence-corrected chi connectivity index (χ3v) is 3.23. The average Bonchev–Trinajstić information content (AvgIpc) is 2.12. The first-order valence-electron chi connectivity index (χ1n) is 5.39. The van der Waals surface area contributed by atoms with Gasteiger partial charge in [0, 0.05) is 11.1 Å². The van der Waals surface area contributed by atoms with E-state index in [1.165, 1.54) is 19.3 Å². The molecule has 0 spiro atoms. The second kappa shape index (κ2) is 4.86. The van der Waals surface area contributed by atoms with Crippen molar-refractivity contribution >= 4 is 11.6 Å². The predicted octanol–water partition coefficient (Wildman–Crippen LogP) is 2.85. The van der Waals surface area contributed by atoms with Crippen molar-refractivity contribution in [2.45, 2.75) is 25.3 Å². The Morgan fingerprint density at radius 3 is 2.87 bits per heavy atom. The molecule has 1 aromatic rings. The fourth-order valence-corrected chi connectivity index (χ4v) is 1.93. The number of rotatable bonds is 4. The van der Waals surface area contributed by atoms with Crippen molar-refractivity contribution in [2.75, 3.05) is 6.61 Å². The van der Waals surface area contributed by atoms with Crippen LogP contribution in [0.2, 0.25) is 5.02 Å². The number of ether oxygens (including phenoxy) is 1. The largest absolute Gasteiger partial charge is 0.492 e. The zero-order valence-corrected chi connectivity index (χ0v) is 9.41. The van der Waals surface area contributed by atoms with Crippen LogP contribution >= 0.6 is 11.6 Å². The van der Waals surface area contributed by atoms with Crippen LogP contribution in [-0.2, 0) is 0 Å². The molecule has 0 amide bonds. The smallest absolute Gasteiger partial charge is 0.120 e. The van der Waals surface area contributed by atoms with Crippen LogP contribution in [0.5, 0.6) is 5.75 Å². The van der Waals surface area contributed by atoms with Gasteiger partial charge in [-0.15, -0.1) is 0 Å². The monoisotopic (exact) mass is 225 g/mol. The maximum Gasteiger partial charge on any atom is 0.120 e. The Morgan fingerprint density at radius 1 is 1.47 bits per heavy atom. The SMILES string of the molecule is NC(COc1cccc(Cl)c1)C1CCC1. The summed E-state index contributed by atoms with van der Waals surface area (Å²) in [5, 5.41) is 0.699. The Bertz CT molecular complexity index is 325. The van der Waals surface area contributed by atoms with Crippen molar-refractivity contribution in [1.29, 1.82) is 0 Å². The summed E-state index contributed by atoms with van der Waals surface area (Å²) in [6.07, 6.45) is 3.82. The van der Waals surface area contributed by atoms with Gasteiger partial charge >= 0.3 is 0 Å². The quantitative estimate of drug-likeness (QED) is 0.855. The lowest BCUT2D eigenvalue weighted by Gasteiger charge is -2.30. The van der Waals surface area contributed by atoms with E-state index >= 15 is 0 Å². The highest BCUT2D eigenvalue weighted by molar-refractivity contribution is 6.30. The van der Waals surface area contributed by atoms with E-state index in [1.807, 2.05) is 24.3 Å². The molecule has 1 aliphatic rings. The molecule has 1 unspecified atom stereocenters. The maximum atomic E-state index is 6.01. The molecule has 0 heterocycles. The Hall–Kier alpha value is -0.730. The molecule has 2 rings (SSSR count). The van der Waals surface area contributed by atoms with Crippen LogP contribution in [0.25, 0.3) is 0 Å². The molecule has 2 N–H and O–H groups in total. The van der Waals surface area contributed by atoms with Gasteiger partial charge in [0.2, 0.25) is 0 Å². The summed E-state index contributed by atoms with van der Waals surface area (Å²) in [6.45, 7) is 0.588. The van der Waals surface area contributed by atoms with Gasteiger partial charge in [-0.3, -0.25) is 0 Å². The van der Waals surface area contributed by atoms with E-state index in [0.29, 0.717) is 17.5 Å². The molecule has 0 aromatic heterocycles. The number of hydrogen-bond acceptors (Lipinski definition) is 2. The van der Waals surface area contributed by atoms with Crippen molar-refractivity contribution < 1.29 is 4.74 Å². The van der Waals surface area contributed by atoms with Gasteiger partial charge in [0.25, 0.3) is 0 Å². The van der Waals surface area contributed by atoms with Gasteiger partial charge in [-0.25, -0.2) is 0 Å². The van der Waals surface area contributed by atoms with Crippen LogP contribution in [0.1, 0.15) is 19.3 Å². The topological polar surface area (TPSA) is 35.2 Å². The summed E-state index contributed by atoms with van der Waals surface area (Å²) in [5.74, 6) is 1.46. The first-order valence-corrected chi connectivity index (χ1v) is 5.77. The fraction of sp³-hybridized carbons (Fsp3) is 0.500. The zero-order valence-electron chi connectivity index (χ0n) is 8.66. The summed E-state index contributed by atoms with van der Waals surface area (Å²) in [6, 6.07) is 7.60. The Labute approximate surface area is 95.4 Å². The molecular weight excluding hydrogens is 210 g/mol. The number of benzene rings is 1. The molecule has 15 heavy (non-hydrogen) atoms. The molecule has 0 radical (unpaired) electrons. The van der Waals surface area contributed by atoms with Crippen LogP contribution < -0.4 is 10.5 Å². The highest BCUT2D eigenvalue weighted by atomic mass is 35.5. The summed E-state index contributed by atoms with van der Waals surface area (Å²) in [7, 11) is 0. The van der Waals surface area contributed by atoms with Crippen LogP contribution in [0, 0.1) is 5.92 Å². The van der Waals surface area contributed by atoms with E-state index in [2.05, 4.69) is 0 Å². The van der Waals surface area contributed by atoms with Gasteiger partial charge in [-0.05, 0) is 37.0 Å². The molecule has 2 nitrogen and oxygen atoms in total. The van der Waals surface area contributed by atoms with Crippen molar-refractivity contribution in [2.24, 2.45) is 11.7 Å². The molecule has 3 heteroatoms. The van der Waals surface area contributed by atoms with Crippen LogP contribution in [0.4, 0.5) is 0 Å². The van der Waals surface area contributed by atoms with Crippen molar-refractivity contribution in [3.8, 4) is 5.75 Å². The lowest BCUT2D eigenvalue weighted by molar-refractivity contribution is 0.189. The molecule has 1 fully saturated rings. The predicted molar refractivity (Wildman–Crippen MR) is 62.3 cm³/mol. The van der Waals surface area contributed by atoms with Crippen LogP contribution in [-0.4, -0.2) is 12.6 Å². The number of nitrogens with two attached hydrogens (primary N) is 1. The van der Waals surface area contributed by atoms with Gasteiger partial charge in [0.1, 0.15) is 12.4 Å². The van der Waals surface area contributed by atoms with E-state index in [9.17, 15) is 0 Å². The summed E-state index contributed by atoms with van der Waals surface area (Å²) >= 11 is 5.85. The molecule has 0 saturated heterocycles. The van der Waals surface area contributed by atoms with Gasteiger partial charge in [0.15, 0.2) is 0 Å². The standard InChI is InChI=1S/C12H16ClNO/c13-10-5-2-6-11(7-10)15-8-12(14)9-3-1-4-9/h2,5-7,9,12H,1,3-4,8,14H2. The third kappa shape index (κ3) is 2.86. The number of halogens is 1. The van der Waals surface area contributed by atoms with E-state index in [-0.39, 0.29) is 6.04 Å². The normalized spacial score (nSPS) is 18.3. The Balaban J connectivity index is 1.81. The van der Waals surface area contributed by atoms with E-state index in [4.69, 9.17) is 22.1 Å². The minimum atomic E-state index is 0.165. The van der Waals surface area contributed by atoms with Gasteiger partial charge in [-0.1, -0.05) is 24.1 Å². The lowest BCUT2D eigenvalue weighted by Crippen LogP contribution is -2.39. The molecule has 1 saturated carbocycles. The zero-order chi connectivity index (χ0) is 10.7. The molecule has 0 bridgehead atoms. The molecule has 1 aliphatic carbocycles. The second-order valence-corrected chi connectivity index (χ2v) is 4.56. The van der Waals surface area contributed by atoms with E-state index in [1.54, 1.807) is 0 Å². The van der Waals surface area contributed by atoms with E-state index < -0.39 is 0 Å². The summed E-state index contributed by atoms with van der Waals surface area (Å²) in [5.41, 5.74) is 6.01. The molecule has 1 aromatic carbocycles. The van der Waals surface area contributed by atoms with Gasteiger partial charge in [0.05, 0.1) is 0 Å². The molecule has 1 atom stereocenters. The highest BCUT2D eigenvalue weighted by Gasteiger charge is 2.24. The molecule has 0 aliphatic heterocycles. The van der Waals surface area contributed by atoms with Crippen molar-refractivity contribution in [1.82, 2.24) is 0 Å². The molecule has 82 valence electrons. The number of hydrogen-bond donors (Lipinski definition) is 1. The third-order valence-electron chi connectivity index (χ3n) is 2.99.